The monoisotopic (exact) mass is 331 g/mol. The lowest BCUT2D eigenvalue weighted by Gasteiger charge is -2.29. The third-order valence-electron chi connectivity index (χ3n) is 3.06. The Hall–Kier alpha value is -1.70. The average molecular weight is 332 g/mol. The summed E-state index contributed by atoms with van der Waals surface area (Å²) in [7, 11) is 0. The number of aliphatic carboxylic acids is 1. The van der Waals surface area contributed by atoms with Crippen LogP contribution in [0.15, 0.2) is 16.9 Å². The van der Waals surface area contributed by atoms with E-state index in [0.29, 0.717) is 17.3 Å². The molecule has 19 heavy (non-hydrogen) atoms. The largest absolute Gasteiger partial charge is 0.480 e. The Kier molecular flexibility index (Phi) is 4.82. The van der Waals surface area contributed by atoms with Gasteiger partial charge in [-0.1, -0.05) is 13.8 Å². The third-order valence-corrected chi connectivity index (χ3v) is 3.66. The topological polar surface area (TPSA) is 105 Å². The van der Waals surface area contributed by atoms with Crippen LogP contribution in [0.1, 0.15) is 26.7 Å². The number of anilines is 1. The molecule has 1 rings (SSSR count). The van der Waals surface area contributed by atoms with Gasteiger partial charge in [0, 0.05) is 6.20 Å². The molecule has 0 bridgehead atoms. The zero-order chi connectivity index (χ0) is 14.6. The van der Waals surface area contributed by atoms with Gasteiger partial charge in [-0.2, -0.15) is 0 Å². The summed E-state index contributed by atoms with van der Waals surface area (Å²) in [6.45, 7) is 3.43. The lowest BCUT2D eigenvalue weighted by molar-refractivity contribution is -0.384. The molecule has 1 aromatic rings. The Morgan fingerprint density at radius 3 is 2.53 bits per heavy atom. The van der Waals surface area contributed by atoms with Crippen LogP contribution >= 0.6 is 15.9 Å². The number of halogens is 1. The molecule has 1 aromatic heterocycles. The van der Waals surface area contributed by atoms with E-state index in [2.05, 4.69) is 26.2 Å². The van der Waals surface area contributed by atoms with Crippen molar-refractivity contribution in [3.05, 3.63) is 27.0 Å². The van der Waals surface area contributed by atoms with Crippen LogP contribution in [-0.4, -0.2) is 26.5 Å². The van der Waals surface area contributed by atoms with Crippen molar-refractivity contribution in [1.29, 1.82) is 0 Å². The summed E-state index contributed by atoms with van der Waals surface area (Å²) in [6.07, 6.45) is 3.06. The summed E-state index contributed by atoms with van der Waals surface area (Å²) in [6, 6.07) is 0. The Balaban J connectivity index is 3.31. The molecule has 0 amide bonds. The number of nitrogens with one attached hydrogen (secondary N) is 1. The van der Waals surface area contributed by atoms with Crippen molar-refractivity contribution in [2.45, 2.75) is 32.2 Å². The molecule has 2 N–H and O–H groups in total. The minimum absolute atomic E-state index is 0.131. The first-order chi connectivity index (χ1) is 8.88. The first-order valence-electron chi connectivity index (χ1n) is 5.67. The summed E-state index contributed by atoms with van der Waals surface area (Å²) in [5.74, 6) is -1.05. The van der Waals surface area contributed by atoms with Gasteiger partial charge in [0.2, 0.25) is 0 Å². The van der Waals surface area contributed by atoms with E-state index >= 15 is 0 Å². The summed E-state index contributed by atoms with van der Waals surface area (Å²) in [5, 5.41) is 23.1. The summed E-state index contributed by atoms with van der Waals surface area (Å²) in [4.78, 5) is 25.5. The first-order valence-corrected chi connectivity index (χ1v) is 6.46. The van der Waals surface area contributed by atoms with E-state index in [1.807, 2.05) is 0 Å². The van der Waals surface area contributed by atoms with E-state index in [9.17, 15) is 20.0 Å². The van der Waals surface area contributed by atoms with Gasteiger partial charge < -0.3 is 10.4 Å². The van der Waals surface area contributed by atoms with Crippen molar-refractivity contribution < 1.29 is 14.8 Å². The minimum atomic E-state index is -1.24. The van der Waals surface area contributed by atoms with E-state index in [4.69, 9.17) is 0 Å². The summed E-state index contributed by atoms with van der Waals surface area (Å²) in [5.41, 5.74) is -1.37. The fourth-order valence-electron chi connectivity index (χ4n) is 1.71. The molecule has 0 aromatic carbocycles. The highest BCUT2D eigenvalue weighted by molar-refractivity contribution is 9.10. The van der Waals surface area contributed by atoms with Crippen molar-refractivity contribution >= 4 is 33.3 Å². The van der Waals surface area contributed by atoms with Crippen molar-refractivity contribution in [3.8, 4) is 0 Å². The zero-order valence-electron chi connectivity index (χ0n) is 10.5. The summed E-state index contributed by atoms with van der Waals surface area (Å²) < 4.78 is 0.356. The molecule has 0 aliphatic rings. The highest BCUT2D eigenvalue weighted by atomic mass is 79.9. The number of rotatable bonds is 6. The molecule has 8 heteroatoms. The van der Waals surface area contributed by atoms with Crippen molar-refractivity contribution in [2.24, 2.45) is 0 Å². The van der Waals surface area contributed by atoms with Gasteiger partial charge >= 0.3 is 11.7 Å². The van der Waals surface area contributed by atoms with Crippen LogP contribution in [0.2, 0.25) is 0 Å². The number of carbonyl (C=O) groups is 1. The van der Waals surface area contributed by atoms with Crippen LogP contribution in [-0.2, 0) is 4.79 Å². The van der Waals surface area contributed by atoms with E-state index < -0.39 is 16.4 Å². The van der Waals surface area contributed by atoms with E-state index in [1.54, 1.807) is 13.8 Å². The normalized spacial score (nSPS) is 11.1. The van der Waals surface area contributed by atoms with E-state index in [-0.39, 0.29) is 11.4 Å². The lowest BCUT2D eigenvalue weighted by atomic mass is 9.92. The number of nitro groups is 1. The number of aromatic nitrogens is 1. The lowest BCUT2D eigenvalue weighted by Crippen LogP contribution is -2.45. The number of hydrogen-bond acceptors (Lipinski definition) is 5. The molecular formula is C11H14BrN3O4. The molecule has 0 aliphatic carbocycles. The predicted octanol–water partition coefficient (Wildman–Crippen LogP) is 2.81. The fraction of sp³-hybridized carbons (Fsp3) is 0.455. The molecule has 0 aliphatic heterocycles. The molecule has 7 nitrogen and oxygen atoms in total. The molecule has 0 atom stereocenters. The maximum atomic E-state index is 11.4. The Morgan fingerprint density at radius 1 is 1.53 bits per heavy atom. The Bertz CT molecular complexity index is 503. The molecule has 0 saturated heterocycles. The molecule has 0 unspecified atom stereocenters. The van der Waals surface area contributed by atoms with Crippen LogP contribution in [0.5, 0.6) is 0 Å². The van der Waals surface area contributed by atoms with Crippen LogP contribution in [0.25, 0.3) is 0 Å². The second-order valence-corrected chi connectivity index (χ2v) is 4.85. The first kappa shape index (κ1) is 15.4. The van der Waals surface area contributed by atoms with Gasteiger partial charge in [-0.05, 0) is 28.8 Å². The molecule has 1 heterocycles. The van der Waals surface area contributed by atoms with Gasteiger partial charge in [-0.3, -0.25) is 15.1 Å². The quantitative estimate of drug-likeness (QED) is 0.613. The second kappa shape index (κ2) is 5.96. The number of hydrogen-bond donors (Lipinski definition) is 2. The van der Waals surface area contributed by atoms with Gasteiger partial charge in [0.1, 0.15) is 17.4 Å². The molecule has 0 spiro atoms. The smallest absolute Gasteiger partial charge is 0.329 e. The van der Waals surface area contributed by atoms with E-state index in [0.717, 1.165) is 6.20 Å². The van der Waals surface area contributed by atoms with Crippen molar-refractivity contribution in [1.82, 2.24) is 4.98 Å². The highest BCUT2D eigenvalue weighted by Gasteiger charge is 2.37. The number of pyridine rings is 1. The Labute approximate surface area is 118 Å². The van der Waals surface area contributed by atoms with Gasteiger partial charge in [-0.25, -0.2) is 4.79 Å². The van der Waals surface area contributed by atoms with Gasteiger partial charge in [0.05, 0.1) is 9.40 Å². The van der Waals surface area contributed by atoms with Crippen LogP contribution < -0.4 is 5.32 Å². The standard InChI is InChI=1S/C11H14BrN3O4/c1-3-11(4-2,10(16)17)14-9-7(12)5-13-6-8(9)15(18)19/h5-6H,3-4H2,1-2H3,(H,13,14)(H,16,17). The van der Waals surface area contributed by atoms with Gasteiger partial charge in [0.25, 0.3) is 0 Å². The maximum Gasteiger partial charge on any atom is 0.329 e. The van der Waals surface area contributed by atoms with E-state index in [1.165, 1.54) is 6.20 Å². The molecule has 104 valence electrons. The Morgan fingerprint density at radius 2 is 2.11 bits per heavy atom. The van der Waals surface area contributed by atoms with Crippen LogP contribution in [0.3, 0.4) is 0 Å². The number of carboxylic acid groups (broad SMARTS) is 1. The van der Waals surface area contributed by atoms with Crippen LogP contribution in [0, 0.1) is 10.1 Å². The molecule has 0 saturated carbocycles. The predicted molar refractivity (Wildman–Crippen MR) is 73.2 cm³/mol. The third kappa shape index (κ3) is 3.01. The van der Waals surface area contributed by atoms with Crippen LogP contribution in [0.4, 0.5) is 11.4 Å². The average Bonchev–Trinajstić information content (AvgIpc) is 2.37. The number of carboxylic acids is 1. The molecule has 0 radical (unpaired) electrons. The highest BCUT2D eigenvalue weighted by Crippen LogP contribution is 2.35. The zero-order valence-corrected chi connectivity index (χ0v) is 12.1. The van der Waals surface area contributed by atoms with Gasteiger partial charge in [-0.15, -0.1) is 0 Å². The number of nitrogens with zero attached hydrogens (tertiary/aromatic N) is 2. The van der Waals surface area contributed by atoms with Gasteiger partial charge in [0.15, 0.2) is 0 Å². The van der Waals surface area contributed by atoms with Crippen molar-refractivity contribution in [3.63, 3.8) is 0 Å². The second-order valence-electron chi connectivity index (χ2n) is 3.99. The maximum absolute atomic E-state index is 11.4. The molecular weight excluding hydrogens is 318 g/mol. The van der Waals surface area contributed by atoms with Crippen molar-refractivity contribution in [2.75, 3.05) is 5.32 Å². The molecule has 0 fully saturated rings. The SMILES string of the molecule is CCC(CC)(Nc1c(Br)cncc1[N+](=O)[O-])C(=O)O. The summed E-state index contributed by atoms with van der Waals surface area (Å²) >= 11 is 3.15. The minimum Gasteiger partial charge on any atom is -0.480 e. The fourth-order valence-corrected chi connectivity index (χ4v) is 2.13.